The summed E-state index contributed by atoms with van der Waals surface area (Å²) in [4.78, 5) is 7.12. The number of alkyl halides is 3. The van der Waals surface area contributed by atoms with Crippen LogP contribution in [-0.4, -0.2) is 48.1 Å². The van der Waals surface area contributed by atoms with Crippen LogP contribution in [0.15, 0.2) is 65.6 Å². The molecule has 10 heteroatoms. The second-order valence-electron chi connectivity index (χ2n) is 9.11. The minimum Gasteiger partial charge on any atom is -0.354 e. The quantitative estimate of drug-likeness (QED) is 0.192. The topological polar surface area (TPSA) is 57.4 Å². The van der Waals surface area contributed by atoms with Crippen molar-refractivity contribution in [2.24, 2.45) is 5.73 Å². The third-order valence-electron chi connectivity index (χ3n) is 6.22. The van der Waals surface area contributed by atoms with Gasteiger partial charge in [0, 0.05) is 37.1 Å². The van der Waals surface area contributed by atoms with Crippen LogP contribution in [0.1, 0.15) is 24.5 Å². The number of aromatic nitrogens is 1. The van der Waals surface area contributed by atoms with Gasteiger partial charge in [0.05, 0.1) is 5.56 Å². The summed E-state index contributed by atoms with van der Waals surface area (Å²) in [6.07, 6.45) is -3.50. The molecule has 2 heterocycles. The minimum absolute atomic E-state index is 0.108. The molecule has 0 radical (unpaired) electrons. The fraction of sp³-hybridized carbons (Fsp3) is 0.370. The van der Waals surface area contributed by atoms with E-state index in [-0.39, 0.29) is 17.0 Å². The van der Waals surface area contributed by atoms with Crippen molar-refractivity contribution in [3.05, 3.63) is 76.9 Å². The molecule has 0 spiro atoms. The maximum Gasteiger partial charge on any atom is 0.416 e. The number of piperazine rings is 1. The van der Waals surface area contributed by atoms with Gasteiger partial charge in [-0.2, -0.15) is 13.2 Å². The van der Waals surface area contributed by atoms with Crippen LogP contribution >= 0.6 is 23.5 Å². The lowest BCUT2D eigenvalue weighted by Crippen LogP contribution is -2.49. The average molecular weight is 550 g/mol. The Bertz CT molecular complexity index is 1180. The van der Waals surface area contributed by atoms with E-state index in [2.05, 4.69) is 70.1 Å². The number of nitrogens with two attached hydrogens (primary N) is 1. The zero-order valence-corrected chi connectivity index (χ0v) is 22.2. The molecule has 0 amide bonds. The van der Waals surface area contributed by atoms with Crippen molar-refractivity contribution in [3.8, 4) is 11.1 Å². The number of rotatable bonds is 9. The number of hydrogen-bond donors (Lipinski definition) is 2. The van der Waals surface area contributed by atoms with E-state index in [1.54, 1.807) is 11.9 Å². The molecule has 1 fully saturated rings. The predicted octanol–water partition coefficient (Wildman–Crippen LogP) is 6.08. The van der Waals surface area contributed by atoms with Gasteiger partial charge in [-0.05, 0) is 85.4 Å². The Labute approximate surface area is 225 Å². The van der Waals surface area contributed by atoms with Crippen LogP contribution < -0.4 is 16.0 Å². The van der Waals surface area contributed by atoms with Crippen LogP contribution in [0, 0.1) is 0 Å². The first-order valence-electron chi connectivity index (χ1n) is 12.3. The summed E-state index contributed by atoms with van der Waals surface area (Å²) in [5.41, 5.74) is 8.33. The summed E-state index contributed by atoms with van der Waals surface area (Å²) in [7, 11) is 0. The largest absolute Gasteiger partial charge is 0.416 e. The van der Waals surface area contributed by atoms with Crippen molar-refractivity contribution in [2.45, 2.75) is 37.0 Å². The van der Waals surface area contributed by atoms with Crippen molar-refractivity contribution < 1.29 is 13.2 Å². The molecule has 198 valence electrons. The highest BCUT2D eigenvalue weighted by Crippen LogP contribution is 2.34. The van der Waals surface area contributed by atoms with Crippen LogP contribution in [0.2, 0.25) is 5.15 Å². The summed E-state index contributed by atoms with van der Waals surface area (Å²) in [6, 6.07) is 19.0. The standard InChI is InChI=1S/C27H31ClF3N5S/c1-19-18-35(26-16-23(27(29,30)31)15-25(28)34-26)12-13-36(19)37-24-8-6-21(7-9-24)22-5-2-4-20(14-22)17-33-11-3-10-32/h2,4-9,14-16,19,33H,3,10-13,17-18,32H2,1H3. The monoisotopic (exact) mass is 549 g/mol. The fourth-order valence-electron chi connectivity index (χ4n) is 4.26. The first kappa shape index (κ1) is 27.7. The molecule has 5 nitrogen and oxygen atoms in total. The summed E-state index contributed by atoms with van der Waals surface area (Å²) in [6.45, 7) is 6.28. The SMILES string of the molecule is CC1CN(c2cc(C(F)(F)F)cc(Cl)n2)CCN1Sc1ccc(-c2cccc(CNCCCN)c2)cc1. The van der Waals surface area contributed by atoms with Crippen molar-refractivity contribution >= 4 is 29.4 Å². The molecular weight excluding hydrogens is 519 g/mol. The number of halogens is 4. The molecule has 1 aliphatic heterocycles. The molecule has 37 heavy (non-hydrogen) atoms. The molecule has 4 rings (SSSR count). The van der Waals surface area contributed by atoms with Crippen molar-refractivity contribution in [1.82, 2.24) is 14.6 Å². The second kappa shape index (κ2) is 12.5. The third kappa shape index (κ3) is 7.61. The number of pyridine rings is 1. The van der Waals surface area contributed by atoms with E-state index in [4.69, 9.17) is 17.3 Å². The van der Waals surface area contributed by atoms with Gasteiger partial charge in [-0.1, -0.05) is 41.9 Å². The van der Waals surface area contributed by atoms with Gasteiger partial charge in [-0.15, -0.1) is 0 Å². The number of nitrogens with one attached hydrogen (secondary N) is 1. The number of anilines is 1. The first-order valence-corrected chi connectivity index (χ1v) is 13.4. The lowest BCUT2D eigenvalue weighted by Gasteiger charge is -2.39. The Morgan fingerprint density at radius 3 is 2.57 bits per heavy atom. The Kier molecular flexibility index (Phi) is 9.36. The lowest BCUT2D eigenvalue weighted by atomic mass is 10.0. The number of hydrogen-bond acceptors (Lipinski definition) is 6. The second-order valence-corrected chi connectivity index (χ2v) is 10.6. The van der Waals surface area contributed by atoms with E-state index in [1.807, 2.05) is 4.90 Å². The zero-order valence-electron chi connectivity index (χ0n) is 20.6. The smallest absolute Gasteiger partial charge is 0.354 e. The van der Waals surface area contributed by atoms with Crippen LogP contribution in [-0.2, 0) is 12.7 Å². The molecule has 1 saturated heterocycles. The maximum absolute atomic E-state index is 13.2. The van der Waals surface area contributed by atoms with Crippen molar-refractivity contribution in [2.75, 3.05) is 37.6 Å². The molecule has 0 bridgehead atoms. The molecule has 0 aliphatic carbocycles. The van der Waals surface area contributed by atoms with Crippen LogP contribution in [0.5, 0.6) is 0 Å². The molecular formula is C27H31ClF3N5S. The van der Waals surface area contributed by atoms with Crippen LogP contribution in [0.25, 0.3) is 11.1 Å². The summed E-state index contributed by atoms with van der Waals surface area (Å²) in [5, 5.41) is 3.26. The van der Waals surface area contributed by atoms with Gasteiger partial charge in [0.1, 0.15) is 11.0 Å². The Morgan fingerprint density at radius 2 is 1.86 bits per heavy atom. The summed E-state index contributed by atoms with van der Waals surface area (Å²) < 4.78 is 41.9. The van der Waals surface area contributed by atoms with E-state index in [0.717, 1.165) is 42.1 Å². The highest BCUT2D eigenvalue weighted by Gasteiger charge is 2.33. The Hall–Kier alpha value is -2.30. The zero-order chi connectivity index (χ0) is 26.4. The molecule has 3 aromatic rings. The summed E-state index contributed by atoms with van der Waals surface area (Å²) >= 11 is 7.55. The lowest BCUT2D eigenvalue weighted by molar-refractivity contribution is -0.137. The summed E-state index contributed by atoms with van der Waals surface area (Å²) in [5.74, 6) is 0.262. The van der Waals surface area contributed by atoms with E-state index in [9.17, 15) is 13.2 Å². The molecule has 3 N–H and O–H groups in total. The van der Waals surface area contributed by atoms with Gasteiger partial charge in [0.15, 0.2) is 0 Å². The fourth-order valence-corrected chi connectivity index (χ4v) is 5.41. The average Bonchev–Trinajstić information content (AvgIpc) is 2.87. The van der Waals surface area contributed by atoms with Crippen molar-refractivity contribution in [1.29, 1.82) is 0 Å². The highest BCUT2D eigenvalue weighted by molar-refractivity contribution is 7.97. The van der Waals surface area contributed by atoms with Gasteiger partial charge in [0.2, 0.25) is 0 Å². The van der Waals surface area contributed by atoms with Crippen LogP contribution in [0.3, 0.4) is 0 Å². The number of benzene rings is 2. The predicted molar refractivity (Wildman–Crippen MR) is 146 cm³/mol. The minimum atomic E-state index is -4.46. The highest BCUT2D eigenvalue weighted by atomic mass is 35.5. The van der Waals surface area contributed by atoms with Crippen LogP contribution in [0.4, 0.5) is 19.0 Å². The van der Waals surface area contributed by atoms with E-state index in [1.165, 1.54) is 11.1 Å². The maximum atomic E-state index is 13.2. The normalized spacial score (nSPS) is 16.8. The Morgan fingerprint density at radius 1 is 1.08 bits per heavy atom. The third-order valence-corrected chi connectivity index (χ3v) is 7.68. The van der Waals surface area contributed by atoms with Gasteiger partial charge in [-0.3, -0.25) is 0 Å². The first-order chi connectivity index (χ1) is 17.7. The van der Waals surface area contributed by atoms with Crippen molar-refractivity contribution in [3.63, 3.8) is 0 Å². The molecule has 1 aromatic heterocycles. The van der Waals surface area contributed by atoms with Gasteiger partial charge in [0.25, 0.3) is 0 Å². The molecule has 1 aliphatic rings. The van der Waals surface area contributed by atoms with E-state index in [0.29, 0.717) is 26.2 Å². The Balaban J connectivity index is 1.36. The van der Waals surface area contributed by atoms with Gasteiger partial charge >= 0.3 is 6.18 Å². The van der Waals surface area contributed by atoms with Gasteiger partial charge in [-0.25, -0.2) is 9.29 Å². The van der Waals surface area contributed by atoms with Gasteiger partial charge < -0.3 is 16.0 Å². The van der Waals surface area contributed by atoms with E-state index >= 15 is 0 Å². The molecule has 1 unspecified atom stereocenters. The molecule has 0 saturated carbocycles. The molecule has 2 aromatic carbocycles. The molecule has 1 atom stereocenters. The van der Waals surface area contributed by atoms with E-state index < -0.39 is 11.7 Å². The number of nitrogens with zero attached hydrogens (tertiary/aromatic N) is 3.